The molecule has 0 unspecified atom stereocenters. The molecule has 0 saturated heterocycles. The van der Waals surface area contributed by atoms with Gasteiger partial charge in [-0.25, -0.2) is 0 Å². The first kappa shape index (κ1) is 9.49. The molecule has 0 radical (unpaired) electrons. The van der Waals surface area contributed by atoms with Crippen LogP contribution in [0.1, 0.15) is 0 Å². The molecule has 1 aromatic carbocycles. The first-order valence-corrected chi connectivity index (χ1v) is 4.01. The van der Waals surface area contributed by atoms with E-state index < -0.39 is 0 Å². The van der Waals surface area contributed by atoms with E-state index in [1.807, 2.05) is 0 Å². The highest BCUT2D eigenvalue weighted by molar-refractivity contribution is 6.35. The predicted molar refractivity (Wildman–Crippen MR) is 49.6 cm³/mol. The Balaban J connectivity index is 3.22. The maximum Gasteiger partial charge on any atom is 0.142 e. The zero-order chi connectivity index (χ0) is 9.14. The number of halogens is 2. The minimum absolute atomic E-state index is 0.435. The lowest BCUT2D eigenvalue weighted by molar-refractivity contribution is 0.395. The summed E-state index contributed by atoms with van der Waals surface area (Å²) in [6, 6.07) is 3.26. The van der Waals surface area contributed by atoms with E-state index >= 15 is 0 Å². The van der Waals surface area contributed by atoms with Crippen LogP contribution in [-0.4, -0.2) is 14.2 Å². The van der Waals surface area contributed by atoms with Crippen LogP contribution in [0.25, 0.3) is 0 Å². The largest absolute Gasteiger partial charge is 0.495 e. The number of hydrogen-bond acceptors (Lipinski definition) is 2. The molecule has 0 amide bonds. The van der Waals surface area contributed by atoms with Crippen LogP contribution >= 0.6 is 23.2 Å². The molecule has 0 spiro atoms. The fraction of sp³-hybridized carbons (Fsp3) is 0.250. The summed E-state index contributed by atoms with van der Waals surface area (Å²) in [6.45, 7) is 0. The zero-order valence-electron chi connectivity index (χ0n) is 6.73. The SMILES string of the molecule is COc1cc(Cl)cc(OC)c1Cl. The monoisotopic (exact) mass is 206 g/mol. The minimum atomic E-state index is 0.435. The van der Waals surface area contributed by atoms with Crippen molar-refractivity contribution in [3.8, 4) is 11.5 Å². The van der Waals surface area contributed by atoms with Crippen molar-refractivity contribution in [3.05, 3.63) is 22.2 Å². The summed E-state index contributed by atoms with van der Waals surface area (Å²) in [5, 5.41) is 0.970. The molecular formula is C8H8Cl2O2. The van der Waals surface area contributed by atoms with E-state index in [0.717, 1.165) is 0 Å². The third-order valence-electron chi connectivity index (χ3n) is 1.41. The van der Waals surface area contributed by atoms with Crippen LogP contribution in [0.5, 0.6) is 11.5 Å². The Labute approximate surface area is 81.0 Å². The summed E-state index contributed by atoms with van der Waals surface area (Å²) in [4.78, 5) is 0. The Morgan fingerprint density at radius 1 is 1.00 bits per heavy atom. The standard InChI is InChI=1S/C8H8Cl2O2/c1-11-6-3-5(9)4-7(12-2)8(6)10/h3-4H,1-2H3. The quantitative estimate of drug-likeness (QED) is 0.741. The summed E-state index contributed by atoms with van der Waals surface area (Å²) in [5.74, 6) is 1.03. The van der Waals surface area contributed by atoms with Gasteiger partial charge in [0.25, 0.3) is 0 Å². The fourth-order valence-corrected chi connectivity index (χ4v) is 1.30. The van der Waals surface area contributed by atoms with E-state index in [4.69, 9.17) is 32.7 Å². The van der Waals surface area contributed by atoms with Crippen molar-refractivity contribution in [1.82, 2.24) is 0 Å². The maximum atomic E-state index is 5.87. The summed E-state index contributed by atoms with van der Waals surface area (Å²) in [6.07, 6.45) is 0. The topological polar surface area (TPSA) is 18.5 Å². The van der Waals surface area contributed by atoms with Gasteiger partial charge in [-0.2, -0.15) is 0 Å². The van der Waals surface area contributed by atoms with Crippen molar-refractivity contribution >= 4 is 23.2 Å². The fourth-order valence-electron chi connectivity index (χ4n) is 0.837. The molecule has 4 heteroatoms. The van der Waals surface area contributed by atoms with Crippen molar-refractivity contribution in [2.24, 2.45) is 0 Å². The summed E-state index contributed by atoms with van der Waals surface area (Å²) in [5.41, 5.74) is 0. The van der Waals surface area contributed by atoms with Gasteiger partial charge in [0.15, 0.2) is 0 Å². The van der Waals surface area contributed by atoms with Crippen molar-refractivity contribution in [2.45, 2.75) is 0 Å². The molecule has 0 fully saturated rings. The van der Waals surface area contributed by atoms with Gasteiger partial charge in [0.2, 0.25) is 0 Å². The third-order valence-corrected chi connectivity index (χ3v) is 2.00. The second-order valence-corrected chi connectivity index (χ2v) is 2.94. The van der Waals surface area contributed by atoms with Crippen LogP contribution in [0.15, 0.2) is 12.1 Å². The van der Waals surface area contributed by atoms with Crippen molar-refractivity contribution < 1.29 is 9.47 Å². The summed E-state index contributed by atoms with van der Waals surface area (Å²) < 4.78 is 9.94. The normalized spacial score (nSPS) is 9.67. The van der Waals surface area contributed by atoms with E-state index in [2.05, 4.69) is 0 Å². The second kappa shape index (κ2) is 3.87. The van der Waals surface area contributed by atoms with E-state index in [9.17, 15) is 0 Å². The zero-order valence-corrected chi connectivity index (χ0v) is 8.24. The summed E-state index contributed by atoms with van der Waals surface area (Å²) in [7, 11) is 3.05. The highest BCUT2D eigenvalue weighted by Gasteiger charge is 2.08. The molecule has 0 bridgehead atoms. The average molecular weight is 207 g/mol. The molecule has 0 atom stereocenters. The minimum Gasteiger partial charge on any atom is -0.495 e. The molecule has 12 heavy (non-hydrogen) atoms. The van der Waals surface area contributed by atoms with Gasteiger partial charge >= 0.3 is 0 Å². The van der Waals surface area contributed by atoms with Gasteiger partial charge in [0.05, 0.1) is 14.2 Å². The molecular weight excluding hydrogens is 199 g/mol. The first-order chi connectivity index (χ1) is 5.69. The molecule has 0 heterocycles. The molecule has 2 nitrogen and oxygen atoms in total. The van der Waals surface area contributed by atoms with Crippen molar-refractivity contribution in [3.63, 3.8) is 0 Å². The van der Waals surface area contributed by atoms with Gasteiger partial charge in [-0.05, 0) is 0 Å². The highest BCUT2D eigenvalue weighted by Crippen LogP contribution is 2.36. The van der Waals surface area contributed by atoms with E-state index in [-0.39, 0.29) is 0 Å². The molecule has 0 aliphatic heterocycles. The Morgan fingerprint density at radius 3 is 1.75 bits per heavy atom. The number of methoxy groups -OCH3 is 2. The van der Waals surface area contributed by atoms with E-state index in [0.29, 0.717) is 21.5 Å². The number of hydrogen-bond donors (Lipinski definition) is 0. The van der Waals surface area contributed by atoms with Crippen molar-refractivity contribution in [1.29, 1.82) is 0 Å². The molecule has 0 aliphatic carbocycles. The van der Waals surface area contributed by atoms with Crippen LogP contribution in [0.3, 0.4) is 0 Å². The van der Waals surface area contributed by atoms with Gasteiger partial charge in [0.1, 0.15) is 16.5 Å². The Kier molecular flexibility index (Phi) is 3.06. The van der Waals surface area contributed by atoms with Crippen LogP contribution in [0.4, 0.5) is 0 Å². The number of rotatable bonds is 2. The van der Waals surface area contributed by atoms with Crippen LogP contribution in [0, 0.1) is 0 Å². The molecule has 0 N–H and O–H groups in total. The van der Waals surface area contributed by atoms with Crippen LogP contribution in [-0.2, 0) is 0 Å². The number of ether oxygens (including phenoxy) is 2. The maximum absolute atomic E-state index is 5.87. The van der Waals surface area contributed by atoms with Crippen LogP contribution < -0.4 is 9.47 Å². The van der Waals surface area contributed by atoms with Crippen molar-refractivity contribution in [2.75, 3.05) is 14.2 Å². The molecule has 0 saturated carbocycles. The molecule has 1 aromatic rings. The van der Waals surface area contributed by atoms with Gasteiger partial charge in [-0.15, -0.1) is 0 Å². The van der Waals surface area contributed by atoms with Gasteiger partial charge in [0, 0.05) is 17.2 Å². The molecule has 66 valence electrons. The lowest BCUT2D eigenvalue weighted by atomic mass is 10.3. The third kappa shape index (κ3) is 1.76. The highest BCUT2D eigenvalue weighted by atomic mass is 35.5. The lowest BCUT2D eigenvalue weighted by Crippen LogP contribution is -1.89. The lowest BCUT2D eigenvalue weighted by Gasteiger charge is -2.07. The van der Waals surface area contributed by atoms with Crippen LogP contribution in [0.2, 0.25) is 10.0 Å². The predicted octanol–water partition coefficient (Wildman–Crippen LogP) is 3.01. The van der Waals surface area contributed by atoms with Gasteiger partial charge < -0.3 is 9.47 Å². The Hall–Kier alpha value is -0.600. The first-order valence-electron chi connectivity index (χ1n) is 3.26. The smallest absolute Gasteiger partial charge is 0.142 e. The van der Waals surface area contributed by atoms with E-state index in [1.54, 1.807) is 12.1 Å². The average Bonchev–Trinajstić information content (AvgIpc) is 2.08. The molecule has 0 aliphatic rings. The molecule has 0 aromatic heterocycles. The second-order valence-electron chi connectivity index (χ2n) is 2.12. The number of benzene rings is 1. The van der Waals surface area contributed by atoms with Gasteiger partial charge in [-0.3, -0.25) is 0 Å². The Bertz CT molecular complexity index is 261. The van der Waals surface area contributed by atoms with Gasteiger partial charge in [-0.1, -0.05) is 23.2 Å². The van der Waals surface area contributed by atoms with E-state index in [1.165, 1.54) is 14.2 Å². The summed E-state index contributed by atoms with van der Waals surface area (Å²) >= 11 is 11.6. The molecule has 1 rings (SSSR count). The Morgan fingerprint density at radius 2 is 1.42 bits per heavy atom.